The second kappa shape index (κ2) is 15.7. The van der Waals surface area contributed by atoms with Crippen LogP contribution in [0.2, 0.25) is 0 Å². The molecule has 18 heteroatoms. The zero-order valence-corrected chi connectivity index (χ0v) is 27.3. The highest BCUT2D eigenvalue weighted by molar-refractivity contribution is 8.00. The molecule has 5 heterocycles. The van der Waals surface area contributed by atoms with Crippen molar-refractivity contribution in [3.8, 4) is 0 Å². The van der Waals surface area contributed by atoms with Gasteiger partial charge in [0.15, 0.2) is 12.0 Å². The number of rotatable bonds is 13. The zero-order chi connectivity index (χ0) is 32.7. The summed E-state index contributed by atoms with van der Waals surface area (Å²) in [5.74, 6) is 0.299. The molecule has 2 unspecified atom stereocenters. The Bertz CT molecular complexity index is 1400. The molecule has 2 aromatic rings. The smallest absolute Gasteiger partial charge is 0.362 e. The van der Waals surface area contributed by atoms with E-state index in [0.717, 1.165) is 12.2 Å². The maximum absolute atomic E-state index is 12.3. The average molecular weight is 673 g/mol. The van der Waals surface area contributed by atoms with E-state index in [0.29, 0.717) is 23.9 Å². The lowest BCUT2D eigenvalue weighted by Gasteiger charge is -2.17. The summed E-state index contributed by atoms with van der Waals surface area (Å²) >= 11 is 1.77. The van der Waals surface area contributed by atoms with E-state index in [1.54, 1.807) is 17.8 Å². The van der Waals surface area contributed by atoms with E-state index in [1.165, 1.54) is 36.7 Å². The highest BCUT2D eigenvalue weighted by Crippen LogP contribution is 2.34. The molecule has 3 amide bonds. The molecular weight excluding hydrogens is 628 g/mol. The predicted octanol–water partition coefficient (Wildman–Crippen LogP) is 0.0842. The van der Waals surface area contributed by atoms with Crippen LogP contribution in [0.1, 0.15) is 52.7 Å². The normalized spacial score (nSPS) is 27.6. The Hall–Kier alpha value is -2.74. The zero-order valence-electron chi connectivity index (χ0n) is 25.7. The molecule has 7 N–H and O–H groups in total. The van der Waals surface area contributed by atoms with E-state index in [9.17, 15) is 28.2 Å². The lowest BCUT2D eigenvalue weighted by molar-refractivity contribution is -0.119. The molecular formula is C27H44N8O8S2. The summed E-state index contributed by atoms with van der Waals surface area (Å²) in [6.07, 6.45) is -0.391. The summed E-state index contributed by atoms with van der Waals surface area (Å²) < 4.78 is 38.4. The van der Waals surface area contributed by atoms with Gasteiger partial charge in [0.05, 0.1) is 30.5 Å². The van der Waals surface area contributed by atoms with Crippen LogP contribution in [0.4, 0.5) is 10.6 Å². The maximum atomic E-state index is 12.3. The second-order valence-electron chi connectivity index (χ2n) is 11.0. The summed E-state index contributed by atoms with van der Waals surface area (Å²) in [4.78, 5) is 34.1. The number of ether oxygens (including phenoxy) is 1. The first-order valence-corrected chi connectivity index (χ1v) is 17.6. The molecule has 16 nitrogen and oxygen atoms in total. The molecule has 3 fully saturated rings. The van der Waals surface area contributed by atoms with Crippen molar-refractivity contribution in [3.05, 3.63) is 18.6 Å². The molecule has 0 radical (unpaired) electrons. The Morgan fingerprint density at radius 1 is 1.20 bits per heavy atom. The lowest BCUT2D eigenvalue weighted by Crippen LogP contribution is -2.38. The Kier molecular flexibility index (Phi) is 12.3. The number of anilines is 1. The average Bonchev–Trinajstić information content (AvgIpc) is 3.76. The van der Waals surface area contributed by atoms with Gasteiger partial charge >= 0.3 is 16.3 Å². The third-order valence-corrected chi connectivity index (χ3v) is 10.6. The molecule has 252 valence electrons. The van der Waals surface area contributed by atoms with Crippen LogP contribution < -0.4 is 21.1 Å². The van der Waals surface area contributed by atoms with Crippen molar-refractivity contribution in [3.63, 3.8) is 0 Å². The number of urea groups is 1. The minimum absolute atomic E-state index is 0.0201. The van der Waals surface area contributed by atoms with Crippen molar-refractivity contribution in [2.24, 2.45) is 0 Å². The van der Waals surface area contributed by atoms with Crippen LogP contribution in [0.5, 0.6) is 0 Å². The number of hydrogen-bond donors (Lipinski definition) is 6. The van der Waals surface area contributed by atoms with Gasteiger partial charge in [-0.2, -0.15) is 20.2 Å². The number of imidazole rings is 1. The van der Waals surface area contributed by atoms with E-state index in [-0.39, 0.29) is 35.6 Å². The summed E-state index contributed by atoms with van der Waals surface area (Å²) in [6, 6.07) is 1.65. The van der Waals surface area contributed by atoms with Gasteiger partial charge in [-0.05, 0) is 38.5 Å². The number of nitrogens with one attached hydrogen (secondary N) is 3. The number of fused-ring (bicyclic) bond motifs is 2. The van der Waals surface area contributed by atoms with Crippen LogP contribution in [-0.4, -0.2) is 118 Å². The fourth-order valence-electron chi connectivity index (χ4n) is 5.60. The van der Waals surface area contributed by atoms with Gasteiger partial charge in [0.1, 0.15) is 23.8 Å². The lowest BCUT2D eigenvalue weighted by atomic mass is 10.0. The van der Waals surface area contributed by atoms with E-state index in [4.69, 9.17) is 14.7 Å². The first-order valence-electron chi connectivity index (χ1n) is 15.2. The topological polar surface area (TPSA) is 223 Å². The van der Waals surface area contributed by atoms with Gasteiger partial charge < -0.3 is 40.8 Å². The maximum Gasteiger partial charge on any atom is 0.362 e. The van der Waals surface area contributed by atoms with Crippen molar-refractivity contribution >= 4 is 50.9 Å². The molecule has 0 bridgehead atoms. The van der Waals surface area contributed by atoms with E-state index >= 15 is 0 Å². The van der Waals surface area contributed by atoms with Gasteiger partial charge in [0, 0.05) is 23.6 Å². The molecule has 0 aromatic carbocycles. The van der Waals surface area contributed by atoms with Gasteiger partial charge in [-0.3, -0.25) is 8.98 Å². The molecule has 0 spiro atoms. The molecule has 3 aliphatic rings. The van der Waals surface area contributed by atoms with Gasteiger partial charge in [-0.25, -0.2) is 19.5 Å². The number of nitrogens with two attached hydrogens (primary N) is 1. The summed E-state index contributed by atoms with van der Waals surface area (Å²) in [7, 11) is -4.47. The van der Waals surface area contributed by atoms with Crippen molar-refractivity contribution in [2.45, 2.75) is 88.3 Å². The molecule has 3 aliphatic heterocycles. The van der Waals surface area contributed by atoms with Crippen molar-refractivity contribution in [1.29, 1.82) is 0 Å². The van der Waals surface area contributed by atoms with Gasteiger partial charge in [-0.15, -0.1) is 0 Å². The largest absolute Gasteiger partial charge is 0.387 e. The highest BCUT2D eigenvalue weighted by Gasteiger charge is 2.45. The van der Waals surface area contributed by atoms with E-state index in [1.807, 2.05) is 4.72 Å². The second-order valence-corrected chi connectivity index (χ2v) is 13.6. The van der Waals surface area contributed by atoms with Crippen molar-refractivity contribution in [1.82, 2.24) is 34.8 Å². The molecule has 0 aliphatic carbocycles. The monoisotopic (exact) mass is 672 g/mol. The van der Waals surface area contributed by atoms with Gasteiger partial charge in [-0.1, -0.05) is 27.2 Å². The number of aromatic nitrogens is 3. The standard InChI is InChI=1S/C21H29N7O8S2.C6H15N/c22-19-16-11(5-6-23-19)28(9-24-16)20-18(31)17(30)12(36-20)7-35-38(33,34)27-14(29)4-2-1-3-13-15-10(8-37-13)25-21(32)26-15;1-4-7(5-2)6-3/h5-6,9-10,12-13,15,17-18,20,30-31H,1-4,7-8H2,(H2,22,23)(H,27,29)(H2,25,26,32);4-6H2,1-3H3/t10?,12-,13+,15?,17-,18-,20-;/m1./s1. The number of nitrogen functional groups attached to an aromatic ring is 1. The first-order chi connectivity index (χ1) is 21.5. The molecule has 2 aromatic heterocycles. The van der Waals surface area contributed by atoms with E-state index in [2.05, 4.69) is 46.3 Å². The minimum Gasteiger partial charge on any atom is -0.387 e. The number of pyridine rings is 1. The number of thioether (sulfide) groups is 1. The first kappa shape index (κ1) is 35.1. The number of hydrogen-bond acceptors (Lipinski definition) is 13. The Labute approximate surface area is 267 Å². The summed E-state index contributed by atoms with van der Waals surface area (Å²) in [5.41, 5.74) is 6.70. The highest BCUT2D eigenvalue weighted by atomic mass is 32.2. The Morgan fingerprint density at radius 2 is 1.93 bits per heavy atom. The minimum atomic E-state index is -4.47. The molecule has 7 atom stereocenters. The number of carbonyl (C=O) groups excluding carboxylic acids is 2. The molecule has 3 saturated heterocycles. The van der Waals surface area contributed by atoms with Crippen LogP contribution >= 0.6 is 11.8 Å². The number of amides is 3. The fourth-order valence-corrected chi connectivity index (χ4v) is 7.90. The van der Waals surface area contributed by atoms with Crippen molar-refractivity contribution in [2.75, 3.05) is 37.7 Å². The summed E-state index contributed by atoms with van der Waals surface area (Å²) in [5, 5.41) is 26.9. The number of unbranched alkanes of at least 4 members (excludes halogenated alkanes) is 1. The summed E-state index contributed by atoms with van der Waals surface area (Å²) in [6.45, 7) is 9.49. The molecule has 45 heavy (non-hydrogen) atoms. The third-order valence-electron chi connectivity index (χ3n) is 8.18. The predicted molar refractivity (Wildman–Crippen MR) is 168 cm³/mol. The Morgan fingerprint density at radius 3 is 2.62 bits per heavy atom. The quantitative estimate of drug-likeness (QED) is 0.123. The fraction of sp³-hybridized carbons (Fsp3) is 0.704. The van der Waals surface area contributed by atoms with Gasteiger partial charge in [0.25, 0.3) is 0 Å². The van der Waals surface area contributed by atoms with Gasteiger partial charge in [0.2, 0.25) is 5.91 Å². The van der Waals surface area contributed by atoms with Crippen LogP contribution in [-0.2, 0) is 24.0 Å². The van der Waals surface area contributed by atoms with Crippen LogP contribution in [0.25, 0.3) is 11.0 Å². The number of aliphatic hydroxyl groups is 2. The third kappa shape index (κ3) is 8.75. The SMILES string of the molecule is CCN(CC)CC.Nc1nccc2c1ncn2[C@@H]1O[C@H](COS(=O)(=O)NC(=O)CCCC[C@@H]2SCC3NC(=O)NC32)[C@@H](O)[C@H]1O. The number of nitrogens with zero attached hydrogens (tertiary/aromatic N) is 4. The van der Waals surface area contributed by atoms with Crippen LogP contribution in [0.3, 0.4) is 0 Å². The number of aliphatic hydroxyl groups excluding tert-OH is 2. The van der Waals surface area contributed by atoms with Crippen LogP contribution in [0, 0.1) is 0 Å². The number of carbonyl (C=O) groups is 2. The van der Waals surface area contributed by atoms with Crippen LogP contribution in [0.15, 0.2) is 18.6 Å². The molecule has 5 rings (SSSR count). The van der Waals surface area contributed by atoms with Crippen molar-refractivity contribution < 1.29 is 37.1 Å². The molecule has 0 saturated carbocycles. The van der Waals surface area contributed by atoms with E-state index < -0.39 is 47.4 Å². The Balaban J connectivity index is 0.000000591.